The van der Waals surface area contributed by atoms with Crippen LogP contribution in [0.15, 0.2) is 42.6 Å². The summed E-state index contributed by atoms with van der Waals surface area (Å²) < 4.78 is 5.47. The lowest BCUT2D eigenvalue weighted by molar-refractivity contribution is -0.000508. The van der Waals surface area contributed by atoms with Crippen LogP contribution in [0.4, 0.5) is 11.5 Å². The first-order chi connectivity index (χ1) is 12.7. The molecule has 1 spiro atoms. The minimum absolute atomic E-state index is 0.195. The quantitative estimate of drug-likeness (QED) is 0.858. The number of nitrogens with one attached hydrogen (secondary N) is 1. The third-order valence-electron chi connectivity index (χ3n) is 5.24. The van der Waals surface area contributed by atoms with Gasteiger partial charge in [0.05, 0.1) is 5.56 Å². The predicted molar refractivity (Wildman–Crippen MR) is 98.7 cm³/mol. The Bertz CT molecular complexity index is 805. The van der Waals surface area contributed by atoms with E-state index in [2.05, 4.69) is 15.2 Å². The number of hydrogen-bond donors (Lipinski definition) is 1. The zero-order valence-electron chi connectivity index (χ0n) is 14.5. The van der Waals surface area contributed by atoms with Crippen molar-refractivity contribution in [2.75, 3.05) is 36.5 Å². The first-order valence-corrected chi connectivity index (χ1v) is 8.83. The average Bonchev–Trinajstić information content (AvgIpc) is 2.67. The van der Waals surface area contributed by atoms with Crippen molar-refractivity contribution < 1.29 is 14.3 Å². The summed E-state index contributed by atoms with van der Waals surface area (Å²) in [6, 6.07) is 10.4. The molecule has 6 heteroatoms. The molecule has 2 aromatic rings. The number of nitrogens with zero attached hydrogens (tertiary/aromatic N) is 2. The first kappa shape index (κ1) is 16.7. The summed E-state index contributed by atoms with van der Waals surface area (Å²) in [5.41, 5.74) is 2.11. The van der Waals surface area contributed by atoms with E-state index in [9.17, 15) is 9.59 Å². The summed E-state index contributed by atoms with van der Waals surface area (Å²) in [5, 5.41) is 2.88. The Morgan fingerprint density at radius 2 is 1.88 bits per heavy atom. The summed E-state index contributed by atoms with van der Waals surface area (Å²) in [5.74, 6) is 0.534. The average molecular weight is 351 g/mol. The van der Waals surface area contributed by atoms with Crippen LogP contribution in [-0.4, -0.2) is 43.5 Å². The maximum Gasteiger partial charge on any atom is 0.259 e. The molecule has 2 aliphatic rings. The SMILES string of the molecule is O=Cc1ccc(NC(=O)c2cccnc2N2CC3(CCOCC3)C2)cc1. The number of aldehydes is 1. The number of benzene rings is 1. The van der Waals surface area contributed by atoms with E-state index >= 15 is 0 Å². The van der Waals surface area contributed by atoms with E-state index in [-0.39, 0.29) is 5.91 Å². The highest BCUT2D eigenvalue weighted by Gasteiger charge is 2.45. The molecule has 0 unspecified atom stereocenters. The summed E-state index contributed by atoms with van der Waals surface area (Å²) in [6.45, 7) is 3.48. The van der Waals surface area contributed by atoms with Gasteiger partial charge in [-0.05, 0) is 49.2 Å². The molecule has 1 N–H and O–H groups in total. The van der Waals surface area contributed by atoms with E-state index in [0.29, 0.717) is 22.2 Å². The van der Waals surface area contributed by atoms with Crippen LogP contribution in [0.25, 0.3) is 0 Å². The lowest BCUT2D eigenvalue weighted by Gasteiger charge is -2.53. The molecule has 26 heavy (non-hydrogen) atoms. The molecule has 4 rings (SSSR count). The van der Waals surface area contributed by atoms with Gasteiger partial charge in [-0.3, -0.25) is 9.59 Å². The van der Waals surface area contributed by atoms with Crippen LogP contribution >= 0.6 is 0 Å². The summed E-state index contributed by atoms with van der Waals surface area (Å²) in [7, 11) is 0. The molecule has 0 saturated carbocycles. The number of rotatable bonds is 4. The van der Waals surface area contributed by atoms with Crippen molar-refractivity contribution in [3.63, 3.8) is 0 Å². The summed E-state index contributed by atoms with van der Waals surface area (Å²) in [4.78, 5) is 30.1. The Hall–Kier alpha value is -2.73. The Morgan fingerprint density at radius 1 is 1.15 bits per heavy atom. The second-order valence-corrected chi connectivity index (χ2v) is 7.04. The highest BCUT2D eigenvalue weighted by Crippen LogP contribution is 2.42. The van der Waals surface area contributed by atoms with Gasteiger partial charge in [0.25, 0.3) is 5.91 Å². The fourth-order valence-corrected chi connectivity index (χ4v) is 3.70. The molecule has 1 aromatic heterocycles. The Morgan fingerprint density at radius 3 is 2.58 bits per heavy atom. The van der Waals surface area contributed by atoms with Gasteiger partial charge in [0.2, 0.25) is 0 Å². The highest BCUT2D eigenvalue weighted by molar-refractivity contribution is 6.07. The van der Waals surface area contributed by atoms with E-state index in [1.165, 1.54) is 0 Å². The van der Waals surface area contributed by atoms with Crippen molar-refractivity contribution in [1.29, 1.82) is 0 Å². The number of hydrogen-bond acceptors (Lipinski definition) is 5. The van der Waals surface area contributed by atoms with Gasteiger partial charge in [-0.25, -0.2) is 4.98 Å². The fraction of sp³-hybridized carbons (Fsp3) is 0.350. The van der Waals surface area contributed by atoms with Crippen molar-refractivity contribution >= 4 is 23.7 Å². The van der Waals surface area contributed by atoms with Crippen LogP contribution in [0.3, 0.4) is 0 Å². The van der Waals surface area contributed by atoms with Gasteiger partial charge in [-0.2, -0.15) is 0 Å². The third kappa shape index (κ3) is 3.20. The molecule has 2 saturated heterocycles. The maximum absolute atomic E-state index is 12.7. The van der Waals surface area contributed by atoms with Crippen LogP contribution in [0.5, 0.6) is 0 Å². The normalized spacial score (nSPS) is 18.2. The summed E-state index contributed by atoms with van der Waals surface area (Å²) >= 11 is 0. The highest BCUT2D eigenvalue weighted by atomic mass is 16.5. The van der Waals surface area contributed by atoms with Gasteiger partial charge in [-0.15, -0.1) is 0 Å². The second-order valence-electron chi connectivity index (χ2n) is 7.04. The van der Waals surface area contributed by atoms with Gasteiger partial charge in [-0.1, -0.05) is 0 Å². The molecular weight excluding hydrogens is 330 g/mol. The van der Waals surface area contributed by atoms with Crippen LogP contribution in [0.1, 0.15) is 33.6 Å². The number of aromatic nitrogens is 1. The van der Waals surface area contributed by atoms with Crippen molar-refractivity contribution in [2.45, 2.75) is 12.8 Å². The standard InChI is InChI=1S/C20H21N3O3/c24-12-15-3-5-16(6-4-15)22-19(25)17-2-1-9-21-18(17)23-13-20(14-23)7-10-26-11-8-20/h1-6,9,12H,7-8,10-11,13-14H2,(H,22,25). The van der Waals surface area contributed by atoms with E-state index in [1.54, 1.807) is 42.6 Å². The molecule has 1 aromatic carbocycles. The van der Waals surface area contributed by atoms with E-state index < -0.39 is 0 Å². The molecule has 1 amide bonds. The summed E-state index contributed by atoms with van der Waals surface area (Å²) in [6.07, 6.45) is 4.64. The molecule has 0 bridgehead atoms. The molecule has 134 valence electrons. The van der Waals surface area contributed by atoms with Gasteiger partial charge in [0.1, 0.15) is 12.1 Å². The van der Waals surface area contributed by atoms with Gasteiger partial charge >= 0.3 is 0 Å². The lowest BCUT2D eigenvalue weighted by Crippen LogP contribution is -2.59. The van der Waals surface area contributed by atoms with Gasteiger partial charge < -0.3 is 15.0 Å². The largest absolute Gasteiger partial charge is 0.381 e. The molecule has 3 heterocycles. The van der Waals surface area contributed by atoms with Crippen LogP contribution in [-0.2, 0) is 4.74 Å². The minimum Gasteiger partial charge on any atom is -0.381 e. The Balaban J connectivity index is 1.48. The number of anilines is 2. The second kappa shape index (κ2) is 6.88. The Kier molecular flexibility index (Phi) is 4.42. The zero-order chi connectivity index (χ0) is 18.0. The van der Waals surface area contributed by atoms with Crippen LogP contribution in [0.2, 0.25) is 0 Å². The predicted octanol–water partition coefficient (Wildman–Crippen LogP) is 2.76. The molecular formula is C20H21N3O3. The minimum atomic E-state index is -0.195. The third-order valence-corrected chi connectivity index (χ3v) is 5.24. The number of carbonyl (C=O) groups excluding carboxylic acids is 2. The van der Waals surface area contributed by atoms with Crippen LogP contribution in [0, 0.1) is 5.41 Å². The molecule has 2 fully saturated rings. The zero-order valence-corrected chi connectivity index (χ0v) is 14.5. The van der Waals surface area contributed by atoms with Gasteiger partial charge in [0, 0.05) is 49.2 Å². The van der Waals surface area contributed by atoms with Crippen molar-refractivity contribution in [1.82, 2.24) is 4.98 Å². The molecule has 2 aliphatic heterocycles. The first-order valence-electron chi connectivity index (χ1n) is 8.83. The van der Waals surface area contributed by atoms with Crippen molar-refractivity contribution in [3.05, 3.63) is 53.7 Å². The number of pyridine rings is 1. The maximum atomic E-state index is 12.7. The number of carbonyl (C=O) groups is 2. The number of amides is 1. The van der Waals surface area contributed by atoms with Gasteiger partial charge in [0.15, 0.2) is 0 Å². The molecule has 6 nitrogen and oxygen atoms in total. The smallest absolute Gasteiger partial charge is 0.259 e. The Labute approximate surface area is 152 Å². The molecule has 0 atom stereocenters. The van der Waals surface area contributed by atoms with E-state index in [4.69, 9.17) is 4.74 Å². The number of ether oxygens (including phenoxy) is 1. The van der Waals surface area contributed by atoms with Crippen molar-refractivity contribution in [3.8, 4) is 0 Å². The van der Waals surface area contributed by atoms with E-state index in [0.717, 1.165) is 51.2 Å². The monoisotopic (exact) mass is 351 g/mol. The lowest BCUT2D eigenvalue weighted by atomic mass is 9.73. The van der Waals surface area contributed by atoms with Crippen molar-refractivity contribution in [2.24, 2.45) is 5.41 Å². The fourth-order valence-electron chi connectivity index (χ4n) is 3.70. The molecule has 0 aliphatic carbocycles. The topological polar surface area (TPSA) is 71.5 Å². The van der Waals surface area contributed by atoms with Crippen LogP contribution < -0.4 is 10.2 Å². The molecule has 0 radical (unpaired) electrons. The van der Waals surface area contributed by atoms with E-state index in [1.807, 2.05) is 0 Å².